The summed E-state index contributed by atoms with van der Waals surface area (Å²) >= 11 is 1.35. The zero-order valence-electron chi connectivity index (χ0n) is 16.6. The highest BCUT2D eigenvalue weighted by Crippen LogP contribution is 2.16. The molecule has 9 nitrogen and oxygen atoms in total. The van der Waals surface area contributed by atoms with Crippen molar-refractivity contribution in [1.29, 1.82) is 0 Å². The second-order valence-corrected chi connectivity index (χ2v) is 9.64. The SMILES string of the molecule is Cc1ncsc1C(=O)NC1CCN(CCC(=O)Nc2ccc(S(N)(=O)=O)cc2)CC1. The van der Waals surface area contributed by atoms with Crippen LogP contribution in [0.25, 0.3) is 0 Å². The van der Waals surface area contributed by atoms with Gasteiger partial charge in [-0.3, -0.25) is 9.59 Å². The lowest BCUT2D eigenvalue weighted by atomic mass is 10.0. The summed E-state index contributed by atoms with van der Waals surface area (Å²) in [5.74, 6) is -0.212. The Bertz CT molecular complexity index is 996. The van der Waals surface area contributed by atoms with Gasteiger partial charge in [0.2, 0.25) is 15.9 Å². The van der Waals surface area contributed by atoms with Gasteiger partial charge in [0, 0.05) is 37.8 Å². The van der Waals surface area contributed by atoms with E-state index in [2.05, 4.69) is 20.5 Å². The molecule has 2 heterocycles. The van der Waals surface area contributed by atoms with Crippen LogP contribution in [-0.2, 0) is 14.8 Å². The third kappa shape index (κ3) is 6.08. The molecular formula is C19H25N5O4S2. The number of thiazole rings is 1. The summed E-state index contributed by atoms with van der Waals surface area (Å²) in [4.78, 5) is 31.4. The van der Waals surface area contributed by atoms with Crippen molar-refractivity contribution in [3.05, 3.63) is 40.3 Å². The van der Waals surface area contributed by atoms with Gasteiger partial charge in [-0.15, -0.1) is 11.3 Å². The van der Waals surface area contributed by atoms with Gasteiger partial charge in [0.05, 0.1) is 16.1 Å². The number of nitrogens with two attached hydrogens (primary N) is 1. The van der Waals surface area contributed by atoms with Crippen LogP contribution in [0.4, 0.5) is 5.69 Å². The number of benzene rings is 1. The van der Waals surface area contributed by atoms with Gasteiger partial charge in [-0.1, -0.05) is 0 Å². The lowest BCUT2D eigenvalue weighted by Crippen LogP contribution is -2.45. The molecule has 0 atom stereocenters. The molecule has 1 aromatic heterocycles. The number of carbonyl (C=O) groups excluding carboxylic acids is 2. The number of anilines is 1. The van der Waals surface area contributed by atoms with Crippen LogP contribution in [0.2, 0.25) is 0 Å². The smallest absolute Gasteiger partial charge is 0.263 e. The number of primary sulfonamides is 1. The average molecular weight is 452 g/mol. The Morgan fingerprint density at radius 2 is 1.90 bits per heavy atom. The lowest BCUT2D eigenvalue weighted by Gasteiger charge is -2.32. The van der Waals surface area contributed by atoms with Crippen LogP contribution in [-0.4, -0.2) is 55.8 Å². The third-order valence-electron chi connectivity index (χ3n) is 5.00. The molecule has 0 aliphatic carbocycles. The summed E-state index contributed by atoms with van der Waals surface area (Å²) in [6.45, 7) is 4.06. The van der Waals surface area contributed by atoms with Crippen LogP contribution in [0, 0.1) is 6.92 Å². The Morgan fingerprint density at radius 1 is 1.23 bits per heavy atom. The molecule has 1 saturated heterocycles. The Balaban J connectivity index is 1.38. The number of piperidine rings is 1. The minimum absolute atomic E-state index is 0.000892. The number of aromatic nitrogens is 1. The van der Waals surface area contributed by atoms with E-state index in [0.717, 1.165) is 31.6 Å². The minimum Gasteiger partial charge on any atom is -0.348 e. The molecule has 162 valence electrons. The summed E-state index contributed by atoms with van der Waals surface area (Å²) in [7, 11) is -3.75. The van der Waals surface area contributed by atoms with Crippen molar-refractivity contribution in [3.63, 3.8) is 0 Å². The average Bonchev–Trinajstić information content (AvgIpc) is 3.13. The second kappa shape index (κ2) is 9.65. The number of amides is 2. The third-order valence-corrected chi connectivity index (χ3v) is 6.85. The maximum absolute atomic E-state index is 12.3. The van der Waals surface area contributed by atoms with Gasteiger partial charge in [0.15, 0.2) is 0 Å². The van der Waals surface area contributed by atoms with E-state index in [1.54, 1.807) is 5.51 Å². The van der Waals surface area contributed by atoms with Gasteiger partial charge in [-0.05, 0) is 44.0 Å². The number of hydrogen-bond acceptors (Lipinski definition) is 7. The zero-order chi connectivity index (χ0) is 21.7. The fourth-order valence-electron chi connectivity index (χ4n) is 3.28. The topological polar surface area (TPSA) is 134 Å². The van der Waals surface area contributed by atoms with Gasteiger partial charge in [-0.2, -0.15) is 0 Å². The summed E-state index contributed by atoms with van der Waals surface area (Å²) in [5.41, 5.74) is 2.94. The molecule has 1 fully saturated rings. The number of hydrogen-bond donors (Lipinski definition) is 3. The standard InChI is InChI=1S/C19H25N5O4S2/c1-13-18(29-12-21-13)19(26)23-15-6-9-24(10-7-15)11-8-17(25)22-14-2-4-16(5-3-14)30(20,27)28/h2-5,12,15H,6-11H2,1H3,(H,22,25)(H,23,26)(H2,20,27,28). The van der Waals surface area contributed by atoms with E-state index in [9.17, 15) is 18.0 Å². The van der Waals surface area contributed by atoms with Gasteiger partial charge in [0.1, 0.15) is 4.88 Å². The first-order valence-corrected chi connectivity index (χ1v) is 12.0. The molecule has 2 aromatic rings. The van der Waals surface area contributed by atoms with E-state index in [0.29, 0.717) is 23.5 Å². The molecule has 1 aromatic carbocycles. The minimum atomic E-state index is -3.75. The number of sulfonamides is 1. The molecule has 0 bridgehead atoms. The normalized spacial score (nSPS) is 15.7. The van der Waals surface area contributed by atoms with Crippen molar-refractivity contribution in [2.24, 2.45) is 5.14 Å². The molecule has 1 aliphatic rings. The van der Waals surface area contributed by atoms with Crippen LogP contribution in [0.3, 0.4) is 0 Å². The van der Waals surface area contributed by atoms with Crippen LogP contribution in [0.5, 0.6) is 0 Å². The van der Waals surface area contributed by atoms with E-state index in [1.807, 2.05) is 6.92 Å². The van der Waals surface area contributed by atoms with E-state index in [4.69, 9.17) is 5.14 Å². The maximum Gasteiger partial charge on any atom is 0.263 e. The Morgan fingerprint density at radius 3 is 2.47 bits per heavy atom. The molecule has 1 aliphatic heterocycles. The number of likely N-dealkylation sites (tertiary alicyclic amines) is 1. The van der Waals surface area contributed by atoms with E-state index in [1.165, 1.54) is 35.6 Å². The van der Waals surface area contributed by atoms with Gasteiger partial charge in [0.25, 0.3) is 5.91 Å². The van der Waals surface area contributed by atoms with Crippen molar-refractivity contribution >= 4 is 38.9 Å². The quantitative estimate of drug-likeness (QED) is 0.581. The predicted octanol–water partition coefficient (Wildman–Crippen LogP) is 1.32. The number of nitrogens with one attached hydrogen (secondary N) is 2. The maximum atomic E-state index is 12.3. The van der Waals surface area contributed by atoms with Crippen molar-refractivity contribution in [2.75, 3.05) is 25.0 Å². The largest absolute Gasteiger partial charge is 0.348 e. The zero-order valence-corrected chi connectivity index (χ0v) is 18.3. The van der Waals surface area contributed by atoms with Crippen LogP contribution in [0.1, 0.15) is 34.6 Å². The molecule has 3 rings (SSSR count). The van der Waals surface area contributed by atoms with Crippen molar-refractivity contribution in [3.8, 4) is 0 Å². The lowest BCUT2D eigenvalue weighted by molar-refractivity contribution is -0.116. The van der Waals surface area contributed by atoms with Crippen LogP contribution >= 0.6 is 11.3 Å². The van der Waals surface area contributed by atoms with Crippen molar-refractivity contribution < 1.29 is 18.0 Å². The Hall–Kier alpha value is -2.34. The highest BCUT2D eigenvalue weighted by atomic mass is 32.2. The van der Waals surface area contributed by atoms with Crippen molar-refractivity contribution in [2.45, 2.75) is 37.1 Å². The van der Waals surface area contributed by atoms with E-state index < -0.39 is 10.0 Å². The number of carbonyl (C=O) groups is 2. The monoisotopic (exact) mass is 451 g/mol. The first-order chi connectivity index (χ1) is 14.2. The van der Waals surface area contributed by atoms with E-state index >= 15 is 0 Å². The highest BCUT2D eigenvalue weighted by Gasteiger charge is 2.22. The van der Waals surface area contributed by atoms with E-state index in [-0.39, 0.29) is 22.8 Å². The van der Waals surface area contributed by atoms with Gasteiger partial charge >= 0.3 is 0 Å². The molecule has 0 unspecified atom stereocenters. The van der Waals surface area contributed by atoms with Crippen LogP contribution < -0.4 is 15.8 Å². The van der Waals surface area contributed by atoms with Crippen LogP contribution in [0.15, 0.2) is 34.7 Å². The first-order valence-electron chi connectivity index (χ1n) is 9.58. The fraction of sp³-hybridized carbons (Fsp3) is 0.421. The number of nitrogens with zero attached hydrogens (tertiary/aromatic N) is 2. The molecule has 30 heavy (non-hydrogen) atoms. The predicted molar refractivity (Wildman–Crippen MR) is 115 cm³/mol. The molecule has 2 amide bonds. The van der Waals surface area contributed by atoms with Gasteiger partial charge < -0.3 is 15.5 Å². The first kappa shape index (κ1) is 22.3. The number of rotatable bonds is 7. The second-order valence-electron chi connectivity index (χ2n) is 7.22. The molecule has 0 radical (unpaired) electrons. The molecular weight excluding hydrogens is 426 g/mol. The molecule has 0 saturated carbocycles. The Labute approximate surface area is 179 Å². The summed E-state index contributed by atoms with van der Waals surface area (Å²) in [5, 5.41) is 10.9. The summed E-state index contributed by atoms with van der Waals surface area (Å²) in [6.07, 6.45) is 1.99. The molecule has 11 heteroatoms. The number of aryl methyl sites for hydroxylation is 1. The Kier molecular flexibility index (Phi) is 7.19. The van der Waals surface area contributed by atoms with Gasteiger partial charge in [-0.25, -0.2) is 18.5 Å². The highest BCUT2D eigenvalue weighted by molar-refractivity contribution is 7.89. The van der Waals surface area contributed by atoms with Crippen molar-refractivity contribution in [1.82, 2.24) is 15.2 Å². The molecule has 4 N–H and O–H groups in total. The molecule has 0 spiro atoms. The fourth-order valence-corrected chi connectivity index (χ4v) is 4.50. The summed E-state index contributed by atoms with van der Waals surface area (Å²) < 4.78 is 22.5. The summed E-state index contributed by atoms with van der Waals surface area (Å²) in [6, 6.07) is 5.87.